The van der Waals surface area contributed by atoms with Gasteiger partial charge in [0, 0.05) is 5.33 Å². The van der Waals surface area contributed by atoms with Crippen molar-refractivity contribution in [3.63, 3.8) is 0 Å². The van der Waals surface area contributed by atoms with Crippen LogP contribution in [0.1, 0.15) is 47.5 Å². The molecule has 0 aromatic rings. The van der Waals surface area contributed by atoms with E-state index in [-0.39, 0.29) is 5.60 Å². The summed E-state index contributed by atoms with van der Waals surface area (Å²) in [6, 6.07) is 3.68. The fraction of sp³-hybridized carbons (Fsp3) is 0.857. The van der Waals surface area contributed by atoms with Crippen LogP contribution >= 0.6 is 15.9 Å². The number of allylic oxidation sites excluding steroid dienone is 1. The first kappa shape index (κ1) is 17.4. The van der Waals surface area contributed by atoms with E-state index in [4.69, 9.17) is 4.43 Å². The first-order valence-electron chi connectivity index (χ1n) is 7.01. The Morgan fingerprint density at radius 3 is 1.76 bits per heavy atom. The quantitative estimate of drug-likeness (QED) is 0.309. The number of hydrogen-bond donors (Lipinski definition) is 0. The molecule has 0 heterocycles. The fourth-order valence-electron chi connectivity index (χ4n) is 2.32. The van der Waals surface area contributed by atoms with Gasteiger partial charge in [-0.2, -0.15) is 0 Å². The van der Waals surface area contributed by atoms with Gasteiger partial charge in [0.05, 0.1) is 5.60 Å². The summed E-state index contributed by atoms with van der Waals surface area (Å²) in [5.41, 5.74) is -0.0258. The summed E-state index contributed by atoms with van der Waals surface area (Å²) >= 11 is 3.46. The van der Waals surface area contributed by atoms with Gasteiger partial charge in [-0.1, -0.05) is 62.7 Å². The normalized spacial score (nSPS) is 13.5. The molecule has 0 unspecified atom stereocenters. The summed E-state index contributed by atoms with van der Waals surface area (Å²) in [4.78, 5) is 0. The molecule has 0 saturated heterocycles. The number of hydrogen-bond acceptors (Lipinski definition) is 1. The van der Waals surface area contributed by atoms with E-state index >= 15 is 0 Å². The second-order valence-electron chi connectivity index (χ2n) is 4.67. The summed E-state index contributed by atoms with van der Waals surface area (Å²) in [5, 5.41) is 0.914. The van der Waals surface area contributed by atoms with E-state index in [2.05, 4.69) is 62.7 Å². The SMILES string of the molecule is CCC(C=CCBr)(CC)O[Si](CC)(CC)CC. The zero-order valence-corrected chi connectivity index (χ0v) is 14.8. The van der Waals surface area contributed by atoms with Crippen LogP contribution in [0.4, 0.5) is 0 Å². The highest BCUT2D eigenvalue weighted by atomic mass is 79.9. The van der Waals surface area contributed by atoms with Crippen LogP contribution in [0.15, 0.2) is 12.2 Å². The van der Waals surface area contributed by atoms with Gasteiger partial charge < -0.3 is 4.43 Å². The van der Waals surface area contributed by atoms with Crippen LogP contribution in [0, 0.1) is 0 Å². The Kier molecular flexibility index (Phi) is 8.69. The Balaban J connectivity index is 5.00. The molecule has 0 aliphatic heterocycles. The lowest BCUT2D eigenvalue weighted by atomic mass is 9.97. The van der Waals surface area contributed by atoms with E-state index in [0.29, 0.717) is 0 Å². The van der Waals surface area contributed by atoms with Crippen molar-refractivity contribution < 1.29 is 4.43 Å². The smallest absolute Gasteiger partial charge is 0.193 e. The minimum absolute atomic E-state index is 0.0258. The largest absolute Gasteiger partial charge is 0.408 e. The van der Waals surface area contributed by atoms with Crippen molar-refractivity contribution in [3.8, 4) is 0 Å². The monoisotopic (exact) mass is 320 g/mol. The highest BCUT2D eigenvalue weighted by molar-refractivity contribution is 9.09. The summed E-state index contributed by atoms with van der Waals surface area (Å²) in [6.07, 6.45) is 6.61. The Hall–Kier alpha value is 0.397. The van der Waals surface area contributed by atoms with Crippen molar-refractivity contribution >= 4 is 24.2 Å². The molecule has 0 aliphatic carbocycles. The Bertz CT molecular complexity index is 212. The second-order valence-corrected chi connectivity index (χ2v) is 10.0. The van der Waals surface area contributed by atoms with Gasteiger partial charge in [0.2, 0.25) is 0 Å². The van der Waals surface area contributed by atoms with Crippen LogP contribution in [0.3, 0.4) is 0 Å². The molecule has 0 N–H and O–H groups in total. The summed E-state index contributed by atoms with van der Waals surface area (Å²) in [6.45, 7) is 11.4. The van der Waals surface area contributed by atoms with E-state index in [0.717, 1.165) is 18.2 Å². The molecule has 0 aromatic heterocycles. The van der Waals surface area contributed by atoms with Crippen LogP contribution in [0.5, 0.6) is 0 Å². The minimum Gasteiger partial charge on any atom is -0.408 e. The van der Waals surface area contributed by atoms with Gasteiger partial charge in [0.15, 0.2) is 8.32 Å². The average Bonchev–Trinajstić information content (AvgIpc) is 2.41. The van der Waals surface area contributed by atoms with Crippen molar-refractivity contribution in [1.82, 2.24) is 0 Å². The highest BCUT2D eigenvalue weighted by Crippen LogP contribution is 2.33. The maximum atomic E-state index is 6.70. The first-order chi connectivity index (χ1) is 8.07. The molecule has 0 saturated carbocycles. The van der Waals surface area contributed by atoms with Crippen LogP contribution < -0.4 is 0 Å². The van der Waals surface area contributed by atoms with Gasteiger partial charge in [0.1, 0.15) is 0 Å². The second kappa shape index (κ2) is 8.49. The first-order valence-corrected chi connectivity index (χ1v) is 10.7. The third-order valence-corrected chi connectivity index (χ3v) is 9.14. The Labute approximate surface area is 117 Å². The van der Waals surface area contributed by atoms with Gasteiger partial charge in [-0.25, -0.2) is 0 Å². The predicted molar refractivity (Wildman–Crippen MR) is 84.5 cm³/mol. The van der Waals surface area contributed by atoms with Gasteiger partial charge in [-0.3, -0.25) is 0 Å². The van der Waals surface area contributed by atoms with Crippen LogP contribution in [0.2, 0.25) is 18.1 Å². The lowest BCUT2D eigenvalue weighted by Crippen LogP contribution is -2.45. The summed E-state index contributed by atoms with van der Waals surface area (Å²) < 4.78 is 6.70. The molecule has 1 nitrogen and oxygen atoms in total. The van der Waals surface area contributed by atoms with Crippen molar-refractivity contribution in [3.05, 3.63) is 12.2 Å². The molecule has 0 aliphatic rings. The molecular weight excluding hydrogens is 292 g/mol. The van der Waals surface area contributed by atoms with E-state index in [9.17, 15) is 0 Å². The zero-order chi connectivity index (χ0) is 13.4. The molecule has 0 atom stereocenters. The van der Waals surface area contributed by atoms with Crippen molar-refractivity contribution in [2.45, 2.75) is 71.2 Å². The maximum absolute atomic E-state index is 6.70. The third kappa shape index (κ3) is 4.88. The summed E-state index contributed by atoms with van der Waals surface area (Å²) in [5.74, 6) is 0. The molecule has 0 fully saturated rings. The predicted octanol–water partition coefficient (Wildman–Crippen LogP) is 5.52. The van der Waals surface area contributed by atoms with Crippen LogP contribution in [-0.4, -0.2) is 19.2 Å². The molecule has 102 valence electrons. The van der Waals surface area contributed by atoms with Gasteiger partial charge in [0.25, 0.3) is 0 Å². The van der Waals surface area contributed by atoms with Gasteiger partial charge >= 0.3 is 0 Å². The third-order valence-electron chi connectivity index (χ3n) is 4.06. The van der Waals surface area contributed by atoms with E-state index in [1.54, 1.807) is 0 Å². The van der Waals surface area contributed by atoms with Crippen LogP contribution in [0.25, 0.3) is 0 Å². The fourth-order valence-corrected chi connectivity index (χ4v) is 5.66. The molecule has 17 heavy (non-hydrogen) atoms. The highest BCUT2D eigenvalue weighted by Gasteiger charge is 2.37. The Morgan fingerprint density at radius 1 is 1.00 bits per heavy atom. The number of rotatable bonds is 9. The van der Waals surface area contributed by atoms with Crippen molar-refractivity contribution in [2.75, 3.05) is 5.33 Å². The molecule has 0 spiro atoms. The minimum atomic E-state index is -1.51. The maximum Gasteiger partial charge on any atom is 0.193 e. The zero-order valence-electron chi connectivity index (χ0n) is 12.2. The Morgan fingerprint density at radius 2 is 1.47 bits per heavy atom. The average molecular weight is 321 g/mol. The van der Waals surface area contributed by atoms with E-state index < -0.39 is 8.32 Å². The topological polar surface area (TPSA) is 9.23 Å². The molecular formula is C14H29BrOSi. The standard InChI is InChI=1S/C14H29BrOSi/c1-6-14(7-2,12-11-13-15)16-17(8-3,9-4)10-5/h11-12H,6-10,13H2,1-5H3. The number of halogens is 1. The summed E-state index contributed by atoms with van der Waals surface area (Å²) in [7, 11) is -1.51. The molecule has 0 amide bonds. The molecule has 0 radical (unpaired) electrons. The molecule has 0 aromatic carbocycles. The lowest BCUT2D eigenvalue weighted by molar-refractivity contribution is 0.0971. The van der Waals surface area contributed by atoms with Gasteiger partial charge in [-0.15, -0.1) is 0 Å². The number of alkyl halides is 1. The van der Waals surface area contributed by atoms with E-state index in [1.165, 1.54) is 18.1 Å². The van der Waals surface area contributed by atoms with Gasteiger partial charge in [-0.05, 0) is 31.0 Å². The molecule has 0 rings (SSSR count). The van der Waals surface area contributed by atoms with Crippen molar-refractivity contribution in [1.29, 1.82) is 0 Å². The van der Waals surface area contributed by atoms with Crippen LogP contribution in [-0.2, 0) is 4.43 Å². The van der Waals surface area contributed by atoms with Crippen molar-refractivity contribution in [2.24, 2.45) is 0 Å². The van der Waals surface area contributed by atoms with E-state index in [1.807, 2.05) is 0 Å². The molecule has 3 heteroatoms. The molecule has 0 bridgehead atoms. The lowest BCUT2D eigenvalue weighted by Gasteiger charge is -2.40.